The third kappa shape index (κ3) is 8.13. The van der Waals surface area contributed by atoms with Crippen molar-refractivity contribution in [3.63, 3.8) is 0 Å². The summed E-state index contributed by atoms with van der Waals surface area (Å²) < 4.78 is 15.5. The Morgan fingerprint density at radius 1 is 0.900 bits per heavy atom. The molecule has 0 aliphatic rings. The average molecular weight is 559 g/mol. The highest BCUT2D eigenvalue weighted by molar-refractivity contribution is 7.25. The zero-order valence-corrected chi connectivity index (χ0v) is 27.1. The van der Waals surface area contributed by atoms with Crippen LogP contribution >= 0.6 is 11.3 Å². The van der Waals surface area contributed by atoms with Crippen LogP contribution in [0, 0.1) is 11.8 Å². The van der Waals surface area contributed by atoms with Gasteiger partial charge in [-0.1, -0.05) is 86.3 Å². The summed E-state index contributed by atoms with van der Waals surface area (Å²) in [4.78, 5) is 0. The van der Waals surface area contributed by atoms with Crippen molar-refractivity contribution in [2.45, 2.75) is 87.0 Å². The molecule has 1 aromatic heterocycles. The van der Waals surface area contributed by atoms with Gasteiger partial charge in [0.15, 0.2) is 0 Å². The van der Waals surface area contributed by atoms with Gasteiger partial charge >= 0.3 is 0 Å². The number of allylic oxidation sites excluding steroid dienone is 6. The maximum absolute atomic E-state index is 6.49. The van der Waals surface area contributed by atoms with Crippen molar-refractivity contribution < 1.29 is 9.47 Å². The fourth-order valence-corrected chi connectivity index (χ4v) is 5.89. The molecule has 0 amide bonds. The predicted molar refractivity (Wildman–Crippen MR) is 179 cm³/mol. The van der Waals surface area contributed by atoms with E-state index in [-0.39, 0.29) is 5.41 Å². The molecule has 0 aliphatic carbocycles. The zero-order chi connectivity index (χ0) is 29.4. The summed E-state index contributed by atoms with van der Waals surface area (Å²) in [6.07, 6.45) is 13.4. The quantitative estimate of drug-likeness (QED) is 0.194. The van der Waals surface area contributed by atoms with Crippen LogP contribution in [0.2, 0.25) is 0 Å². The van der Waals surface area contributed by atoms with E-state index in [0.717, 1.165) is 42.9 Å². The molecule has 0 saturated heterocycles. The third-order valence-corrected chi connectivity index (χ3v) is 8.34. The Labute approximate surface area is 247 Å². The highest BCUT2D eigenvalue weighted by atomic mass is 32.1. The molecule has 2 nitrogen and oxygen atoms in total. The summed E-state index contributed by atoms with van der Waals surface area (Å²) >= 11 is 1.86. The molecule has 216 valence electrons. The molecule has 40 heavy (non-hydrogen) atoms. The molecule has 0 spiro atoms. The van der Waals surface area contributed by atoms with Crippen molar-refractivity contribution in [3.05, 3.63) is 77.4 Å². The van der Waals surface area contributed by atoms with Crippen molar-refractivity contribution in [1.82, 2.24) is 0 Å². The Bertz CT molecular complexity index is 1390. The van der Waals surface area contributed by atoms with Crippen LogP contribution in [0.15, 0.2) is 66.3 Å². The minimum Gasteiger partial charge on any atom is -0.493 e. The molecule has 0 unspecified atom stereocenters. The van der Waals surface area contributed by atoms with Gasteiger partial charge in [-0.05, 0) is 84.9 Å². The molecule has 0 fully saturated rings. The van der Waals surface area contributed by atoms with Crippen LogP contribution in [0.4, 0.5) is 0 Å². The second-order valence-corrected chi connectivity index (χ2v) is 13.6. The number of hydrogen-bond donors (Lipinski definition) is 0. The second-order valence-electron chi connectivity index (χ2n) is 12.5. The molecular weight excluding hydrogens is 508 g/mol. The van der Waals surface area contributed by atoms with Gasteiger partial charge in [-0.3, -0.25) is 0 Å². The summed E-state index contributed by atoms with van der Waals surface area (Å²) in [5.74, 6) is 3.16. The fraction of sp³-hybridized carbons (Fsp3) is 0.459. The van der Waals surface area contributed by atoms with E-state index in [1.54, 1.807) is 0 Å². The van der Waals surface area contributed by atoms with Gasteiger partial charge in [0.25, 0.3) is 0 Å². The summed E-state index contributed by atoms with van der Waals surface area (Å²) in [6, 6.07) is 9.21. The Morgan fingerprint density at radius 3 is 2.00 bits per heavy atom. The fourth-order valence-electron chi connectivity index (χ4n) is 4.73. The molecule has 0 radical (unpaired) electrons. The number of rotatable bonds is 13. The van der Waals surface area contributed by atoms with Gasteiger partial charge in [0.05, 0.1) is 13.2 Å². The summed E-state index contributed by atoms with van der Waals surface area (Å²) in [7, 11) is 0. The Kier molecular flexibility index (Phi) is 11.3. The van der Waals surface area contributed by atoms with Crippen LogP contribution in [0.25, 0.3) is 26.2 Å². The first kappa shape index (κ1) is 31.7. The molecule has 0 atom stereocenters. The molecule has 2 aromatic carbocycles. The summed E-state index contributed by atoms with van der Waals surface area (Å²) in [5.41, 5.74) is 4.89. The Balaban J connectivity index is 2.21. The molecule has 0 bridgehead atoms. The lowest BCUT2D eigenvalue weighted by Gasteiger charge is -2.23. The van der Waals surface area contributed by atoms with Crippen molar-refractivity contribution in [2.75, 3.05) is 13.2 Å². The molecule has 0 N–H and O–H groups in total. The minimum atomic E-state index is -0.00554. The van der Waals surface area contributed by atoms with Gasteiger partial charge in [-0.15, -0.1) is 11.3 Å². The lowest BCUT2D eigenvalue weighted by Crippen LogP contribution is -2.14. The number of fused-ring (bicyclic) bond motifs is 3. The van der Waals surface area contributed by atoms with Crippen molar-refractivity contribution in [2.24, 2.45) is 11.8 Å². The van der Waals surface area contributed by atoms with Crippen LogP contribution < -0.4 is 9.47 Å². The van der Waals surface area contributed by atoms with Crippen molar-refractivity contribution >= 4 is 37.6 Å². The molecule has 1 heterocycles. The predicted octanol–water partition coefficient (Wildman–Crippen LogP) is 11.7. The molecule has 3 aromatic rings. The maximum atomic E-state index is 6.49. The number of hydrogen-bond acceptors (Lipinski definition) is 3. The number of thiophene rings is 1. The van der Waals surface area contributed by atoms with Gasteiger partial charge in [-0.2, -0.15) is 0 Å². The van der Waals surface area contributed by atoms with E-state index in [1.807, 2.05) is 23.5 Å². The molecule has 3 rings (SSSR count). The van der Waals surface area contributed by atoms with E-state index in [1.165, 1.54) is 36.9 Å². The standard InChI is InChI=1S/C37H50O2S/c1-11-14-15-27(12-2)28(13-3)20-29-21-35-30(22-33(29)38-18-16-25(4)5)31-23-34(39-19-17-26(6)7)32(37(8,9)10)24-36(31)40-35/h11-12,14-15,20-26H,1,13,16-19H2,2-10H3/b15-14-,27-12+,28-20?. The van der Waals surface area contributed by atoms with Crippen LogP contribution in [0.5, 0.6) is 11.5 Å². The van der Waals surface area contributed by atoms with Crippen LogP contribution in [0.1, 0.15) is 92.7 Å². The van der Waals surface area contributed by atoms with E-state index in [9.17, 15) is 0 Å². The van der Waals surface area contributed by atoms with Gasteiger partial charge in [0.1, 0.15) is 11.5 Å². The van der Waals surface area contributed by atoms with Gasteiger partial charge in [-0.25, -0.2) is 0 Å². The van der Waals surface area contributed by atoms with E-state index in [0.29, 0.717) is 18.4 Å². The van der Waals surface area contributed by atoms with Crippen LogP contribution in [-0.2, 0) is 5.41 Å². The lowest BCUT2D eigenvalue weighted by atomic mass is 9.86. The lowest BCUT2D eigenvalue weighted by molar-refractivity contribution is 0.283. The molecule has 3 heteroatoms. The van der Waals surface area contributed by atoms with E-state index >= 15 is 0 Å². The first-order valence-electron chi connectivity index (χ1n) is 14.9. The minimum absolute atomic E-state index is 0.00554. The Hall–Kier alpha value is -2.78. The van der Waals surface area contributed by atoms with Gasteiger partial charge in [0.2, 0.25) is 0 Å². The summed E-state index contributed by atoms with van der Waals surface area (Å²) in [5, 5.41) is 2.48. The highest BCUT2D eigenvalue weighted by Gasteiger charge is 2.22. The smallest absolute Gasteiger partial charge is 0.127 e. The van der Waals surface area contributed by atoms with E-state index in [4.69, 9.17) is 9.47 Å². The highest BCUT2D eigenvalue weighted by Crippen LogP contribution is 2.44. The monoisotopic (exact) mass is 558 g/mol. The molecular formula is C37H50O2S. The molecule has 0 saturated carbocycles. The van der Waals surface area contributed by atoms with Gasteiger partial charge in [0, 0.05) is 31.3 Å². The largest absolute Gasteiger partial charge is 0.493 e. The number of ether oxygens (including phenoxy) is 2. The van der Waals surface area contributed by atoms with Crippen molar-refractivity contribution in [1.29, 1.82) is 0 Å². The van der Waals surface area contributed by atoms with Crippen LogP contribution in [0.3, 0.4) is 0 Å². The first-order chi connectivity index (χ1) is 19.0. The second kappa shape index (κ2) is 14.2. The zero-order valence-electron chi connectivity index (χ0n) is 26.3. The third-order valence-electron chi connectivity index (χ3n) is 7.22. The van der Waals surface area contributed by atoms with Crippen molar-refractivity contribution in [3.8, 4) is 11.5 Å². The normalized spacial score (nSPS) is 13.4. The SMILES string of the molecule is C=C/C=C\C(=C/C)C(=Cc1cc2sc3cc(C(C)(C)C)c(OCCC(C)C)cc3c2cc1OCCC(C)C)CC. The van der Waals surface area contributed by atoms with E-state index < -0.39 is 0 Å². The van der Waals surface area contributed by atoms with Crippen LogP contribution in [-0.4, -0.2) is 13.2 Å². The average Bonchev–Trinajstić information content (AvgIpc) is 3.23. The maximum Gasteiger partial charge on any atom is 0.127 e. The number of benzene rings is 2. The summed E-state index contributed by atoms with van der Waals surface area (Å²) in [6.45, 7) is 25.4. The Morgan fingerprint density at radius 2 is 1.48 bits per heavy atom. The van der Waals surface area contributed by atoms with Gasteiger partial charge < -0.3 is 9.47 Å². The molecule has 0 aliphatic heterocycles. The topological polar surface area (TPSA) is 18.5 Å². The first-order valence-corrected chi connectivity index (χ1v) is 15.8. The van der Waals surface area contributed by atoms with E-state index in [2.05, 4.69) is 111 Å².